The highest BCUT2D eigenvalue weighted by molar-refractivity contribution is 5.08. The second-order valence-electron chi connectivity index (χ2n) is 5.23. The van der Waals surface area contributed by atoms with Crippen LogP contribution >= 0.6 is 0 Å². The average molecular weight is 261 g/mol. The van der Waals surface area contributed by atoms with Crippen molar-refractivity contribution in [2.24, 2.45) is 0 Å². The first-order chi connectivity index (χ1) is 9.22. The third-order valence-electron chi connectivity index (χ3n) is 3.60. The van der Waals surface area contributed by atoms with Crippen molar-refractivity contribution in [1.29, 1.82) is 0 Å². The molecule has 0 spiro atoms. The fourth-order valence-corrected chi connectivity index (χ4v) is 2.68. The van der Waals surface area contributed by atoms with Gasteiger partial charge in [-0.25, -0.2) is 4.98 Å². The third-order valence-corrected chi connectivity index (χ3v) is 3.60. The molecule has 2 aromatic heterocycles. The van der Waals surface area contributed by atoms with E-state index in [2.05, 4.69) is 31.9 Å². The molecule has 1 aliphatic heterocycles. The molecule has 1 fully saturated rings. The van der Waals surface area contributed by atoms with Gasteiger partial charge < -0.3 is 14.4 Å². The van der Waals surface area contributed by atoms with Gasteiger partial charge in [0.15, 0.2) is 5.82 Å². The molecule has 2 aromatic rings. The molecular formula is C13H19N5O. The lowest BCUT2D eigenvalue weighted by Gasteiger charge is -2.29. The first-order valence-corrected chi connectivity index (χ1v) is 6.77. The van der Waals surface area contributed by atoms with Gasteiger partial charge in [0.1, 0.15) is 0 Å². The minimum Gasteiger partial charge on any atom is -0.340 e. The van der Waals surface area contributed by atoms with E-state index in [0.717, 1.165) is 6.42 Å². The summed E-state index contributed by atoms with van der Waals surface area (Å²) in [5.41, 5.74) is 1.20. The second-order valence-corrected chi connectivity index (χ2v) is 5.23. The summed E-state index contributed by atoms with van der Waals surface area (Å²) >= 11 is 0. The Hall–Kier alpha value is -1.69. The van der Waals surface area contributed by atoms with Gasteiger partial charge >= 0.3 is 0 Å². The minimum absolute atomic E-state index is 0.374. The molecule has 0 saturated carbocycles. The molecule has 0 bridgehead atoms. The fourth-order valence-electron chi connectivity index (χ4n) is 2.68. The van der Waals surface area contributed by atoms with Crippen LogP contribution in [-0.2, 0) is 6.54 Å². The van der Waals surface area contributed by atoms with Crippen molar-refractivity contribution in [2.45, 2.75) is 51.7 Å². The van der Waals surface area contributed by atoms with E-state index in [0.29, 0.717) is 30.3 Å². The van der Waals surface area contributed by atoms with Crippen LogP contribution in [0.1, 0.15) is 49.6 Å². The Labute approximate surface area is 112 Å². The van der Waals surface area contributed by atoms with Gasteiger partial charge in [-0.1, -0.05) is 5.16 Å². The standard InChI is InChI=1S/C13H19N5O/c1-9-4-3-5-11(15-9)12-6-14-8-18(12)7-13-16-10(2)19-17-13/h6,8-9,11,15H,3-5,7H2,1-2H3. The molecule has 6 nitrogen and oxygen atoms in total. The van der Waals surface area contributed by atoms with Crippen LogP contribution < -0.4 is 5.32 Å². The van der Waals surface area contributed by atoms with E-state index in [4.69, 9.17) is 4.52 Å². The predicted molar refractivity (Wildman–Crippen MR) is 69.6 cm³/mol. The van der Waals surface area contributed by atoms with Crippen LogP contribution in [0.15, 0.2) is 17.0 Å². The monoisotopic (exact) mass is 261 g/mol. The maximum atomic E-state index is 5.01. The Morgan fingerprint density at radius 2 is 2.37 bits per heavy atom. The summed E-state index contributed by atoms with van der Waals surface area (Å²) in [6.45, 7) is 4.64. The van der Waals surface area contributed by atoms with Gasteiger partial charge in [0.2, 0.25) is 5.89 Å². The Balaban J connectivity index is 1.78. The van der Waals surface area contributed by atoms with Crippen molar-refractivity contribution in [1.82, 2.24) is 25.0 Å². The summed E-state index contributed by atoms with van der Waals surface area (Å²) in [4.78, 5) is 8.50. The van der Waals surface area contributed by atoms with Gasteiger partial charge in [-0.2, -0.15) is 4.98 Å². The van der Waals surface area contributed by atoms with Gasteiger partial charge in [-0.15, -0.1) is 0 Å². The molecule has 102 valence electrons. The quantitative estimate of drug-likeness (QED) is 0.912. The second kappa shape index (κ2) is 5.13. The topological polar surface area (TPSA) is 68.8 Å². The lowest BCUT2D eigenvalue weighted by molar-refractivity contribution is 0.329. The first-order valence-electron chi connectivity index (χ1n) is 6.77. The van der Waals surface area contributed by atoms with Crippen LogP contribution in [0.5, 0.6) is 0 Å². The highest BCUT2D eigenvalue weighted by Crippen LogP contribution is 2.25. The van der Waals surface area contributed by atoms with Crippen molar-refractivity contribution in [3.63, 3.8) is 0 Å². The molecule has 19 heavy (non-hydrogen) atoms. The Morgan fingerprint density at radius 3 is 3.11 bits per heavy atom. The molecule has 1 aliphatic rings. The van der Waals surface area contributed by atoms with Crippen molar-refractivity contribution in [3.8, 4) is 0 Å². The molecule has 0 radical (unpaired) electrons. The van der Waals surface area contributed by atoms with E-state index in [1.54, 1.807) is 6.92 Å². The molecule has 0 aromatic carbocycles. The van der Waals surface area contributed by atoms with Gasteiger partial charge in [0.05, 0.1) is 18.6 Å². The van der Waals surface area contributed by atoms with Gasteiger partial charge in [-0.05, 0) is 26.2 Å². The third kappa shape index (κ3) is 2.68. The zero-order valence-electron chi connectivity index (χ0n) is 11.3. The molecule has 6 heteroatoms. The first kappa shape index (κ1) is 12.3. The Morgan fingerprint density at radius 1 is 1.47 bits per heavy atom. The van der Waals surface area contributed by atoms with E-state index in [-0.39, 0.29) is 0 Å². The molecule has 0 amide bonds. The van der Waals surface area contributed by atoms with Crippen LogP contribution in [0.25, 0.3) is 0 Å². The fraction of sp³-hybridized carbons (Fsp3) is 0.615. The lowest BCUT2D eigenvalue weighted by Crippen LogP contribution is -2.35. The minimum atomic E-state index is 0.374. The normalized spacial score (nSPS) is 23.7. The molecule has 2 atom stereocenters. The van der Waals surface area contributed by atoms with Gasteiger partial charge in [-0.3, -0.25) is 0 Å². The van der Waals surface area contributed by atoms with E-state index in [9.17, 15) is 0 Å². The van der Waals surface area contributed by atoms with Crippen LogP contribution in [0, 0.1) is 6.92 Å². The lowest BCUT2D eigenvalue weighted by atomic mass is 9.97. The van der Waals surface area contributed by atoms with E-state index < -0.39 is 0 Å². The van der Waals surface area contributed by atoms with Crippen LogP contribution in [-0.4, -0.2) is 25.7 Å². The number of aryl methyl sites for hydroxylation is 1. The van der Waals surface area contributed by atoms with Gasteiger partial charge in [0.25, 0.3) is 0 Å². The zero-order chi connectivity index (χ0) is 13.2. The highest BCUT2D eigenvalue weighted by Gasteiger charge is 2.22. The summed E-state index contributed by atoms with van der Waals surface area (Å²) in [7, 11) is 0. The van der Waals surface area contributed by atoms with Crippen molar-refractivity contribution in [3.05, 3.63) is 29.9 Å². The van der Waals surface area contributed by atoms with E-state index in [1.165, 1.54) is 18.5 Å². The SMILES string of the molecule is Cc1nc(Cn2cncc2C2CCCC(C)N2)no1. The molecule has 0 aliphatic carbocycles. The average Bonchev–Trinajstić information content (AvgIpc) is 2.99. The molecule has 1 N–H and O–H groups in total. The molecule has 1 saturated heterocycles. The number of hydrogen-bond donors (Lipinski definition) is 1. The van der Waals surface area contributed by atoms with Crippen molar-refractivity contribution < 1.29 is 4.52 Å². The molecule has 3 rings (SSSR count). The Bertz CT molecular complexity index is 547. The summed E-state index contributed by atoms with van der Waals surface area (Å²) in [6.07, 6.45) is 7.42. The molecule has 2 unspecified atom stereocenters. The number of piperidine rings is 1. The highest BCUT2D eigenvalue weighted by atomic mass is 16.5. The summed E-state index contributed by atoms with van der Waals surface area (Å²) < 4.78 is 7.10. The van der Waals surface area contributed by atoms with E-state index in [1.807, 2.05) is 12.5 Å². The smallest absolute Gasteiger partial charge is 0.223 e. The van der Waals surface area contributed by atoms with Crippen LogP contribution in [0.4, 0.5) is 0 Å². The Kier molecular flexibility index (Phi) is 3.33. The predicted octanol–water partition coefficient (Wildman–Crippen LogP) is 1.83. The summed E-state index contributed by atoms with van der Waals surface area (Å²) in [5, 5.41) is 7.56. The van der Waals surface area contributed by atoms with E-state index >= 15 is 0 Å². The largest absolute Gasteiger partial charge is 0.340 e. The number of aromatic nitrogens is 4. The maximum Gasteiger partial charge on any atom is 0.223 e. The van der Waals surface area contributed by atoms with Crippen LogP contribution in [0.3, 0.4) is 0 Å². The number of imidazole rings is 1. The van der Waals surface area contributed by atoms with Gasteiger partial charge in [0, 0.05) is 25.2 Å². The number of nitrogens with zero attached hydrogens (tertiary/aromatic N) is 4. The number of nitrogens with one attached hydrogen (secondary N) is 1. The number of hydrogen-bond acceptors (Lipinski definition) is 5. The zero-order valence-corrected chi connectivity index (χ0v) is 11.3. The molecule has 3 heterocycles. The maximum absolute atomic E-state index is 5.01. The van der Waals surface area contributed by atoms with Crippen molar-refractivity contribution in [2.75, 3.05) is 0 Å². The van der Waals surface area contributed by atoms with Crippen LogP contribution in [0.2, 0.25) is 0 Å². The summed E-state index contributed by atoms with van der Waals surface area (Å²) in [6, 6.07) is 0.939. The number of rotatable bonds is 3. The summed E-state index contributed by atoms with van der Waals surface area (Å²) in [5.74, 6) is 1.29. The molecular weight excluding hydrogens is 242 g/mol. The van der Waals surface area contributed by atoms with Crippen molar-refractivity contribution >= 4 is 0 Å².